The SMILES string of the molecule is COc1ccc([C@H]2C[C@@H](C(F)(F)F)n3nc(C(=O)Nc4cccc(CCC#N)c4)cc3N2)cc1OC. The fourth-order valence-electron chi connectivity index (χ4n) is 4.17. The highest BCUT2D eigenvalue weighted by Gasteiger charge is 2.47. The molecule has 0 unspecified atom stereocenters. The fraction of sp³-hybridized carbons (Fsp3) is 0.320. The molecule has 1 aliphatic rings. The number of halogens is 3. The van der Waals surface area contributed by atoms with E-state index in [1.807, 2.05) is 6.07 Å². The van der Waals surface area contributed by atoms with E-state index in [9.17, 15) is 18.0 Å². The number of alkyl halides is 3. The Morgan fingerprint density at radius 2 is 1.97 bits per heavy atom. The number of carbonyl (C=O) groups excluding carboxylic acids is 1. The van der Waals surface area contributed by atoms with Gasteiger partial charge in [-0.05, 0) is 41.8 Å². The highest BCUT2D eigenvalue weighted by Crippen LogP contribution is 2.44. The number of methoxy groups -OCH3 is 2. The first-order valence-electron chi connectivity index (χ1n) is 11.2. The van der Waals surface area contributed by atoms with Crippen molar-refractivity contribution in [2.45, 2.75) is 37.5 Å². The molecule has 4 rings (SSSR count). The predicted molar refractivity (Wildman–Crippen MR) is 126 cm³/mol. The molecule has 0 saturated heterocycles. The third kappa shape index (κ3) is 5.22. The summed E-state index contributed by atoms with van der Waals surface area (Å²) in [6.07, 6.45) is -4.05. The molecule has 2 atom stereocenters. The van der Waals surface area contributed by atoms with Crippen molar-refractivity contribution in [3.63, 3.8) is 0 Å². The molecule has 1 amide bonds. The summed E-state index contributed by atoms with van der Waals surface area (Å²) in [6.45, 7) is 0. The van der Waals surface area contributed by atoms with Crippen LogP contribution in [0.15, 0.2) is 48.5 Å². The molecular formula is C25H24F3N5O3. The molecule has 36 heavy (non-hydrogen) atoms. The predicted octanol–water partition coefficient (Wildman–Crippen LogP) is 5.27. The van der Waals surface area contributed by atoms with Crippen molar-refractivity contribution in [1.29, 1.82) is 5.26 Å². The summed E-state index contributed by atoms with van der Waals surface area (Å²) in [4.78, 5) is 12.8. The molecule has 11 heteroatoms. The number of anilines is 2. The van der Waals surface area contributed by atoms with Crippen LogP contribution in [0.25, 0.3) is 0 Å². The zero-order valence-electron chi connectivity index (χ0n) is 19.6. The highest BCUT2D eigenvalue weighted by molar-refractivity contribution is 6.03. The number of amides is 1. The second kappa shape index (κ2) is 10.2. The summed E-state index contributed by atoms with van der Waals surface area (Å²) in [5.74, 6) is 0.303. The maximum Gasteiger partial charge on any atom is 0.410 e. The quantitative estimate of drug-likeness (QED) is 0.459. The third-order valence-corrected chi connectivity index (χ3v) is 5.94. The number of aryl methyl sites for hydroxylation is 1. The van der Waals surface area contributed by atoms with Gasteiger partial charge in [-0.1, -0.05) is 18.2 Å². The Hall–Kier alpha value is -4.20. The number of ether oxygens (including phenoxy) is 2. The number of hydrogen-bond acceptors (Lipinski definition) is 6. The van der Waals surface area contributed by atoms with Gasteiger partial charge in [-0.3, -0.25) is 4.79 Å². The molecule has 0 spiro atoms. The minimum Gasteiger partial charge on any atom is -0.493 e. The Bertz CT molecular complexity index is 1300. The zero-order valence-corrected chi connectivity index (χ0v) is 19.6. The van der Waals surface area contributed by atoms with Gasteiger partial charge in [-0.15, -0.1) is 0 Å². The highest BCUT2D eigenvalue weighted by atomic mass is 19.4. The first kappa shape index (κ1) is 24.9. The lowest BCUT2D eigenvalue weighted by atomic mass is 9.96. The Kier molecular flexibility index (Phi) is 7.05. The number of nitrogens with zero attached hydrogens (tertiary/aromatic N) is 3. The maximum absolute atomic E-state index is 14.0. The summed E-state index contributed by atoms with van der Waals surface area (Å²) in [7, 11) is 2.93. The molecule has 0 aliphatic carbocycles. The Morgan fingerprint density at radius 3 is 2.67 bits per heavy atom. The van der Waals surface area contributed by atoms with E-state index in [1.165, 1.54) is 20.3 Å². The smallest absolute Gasteiger partial charge is 0.410 e. The van der Waals surface area contributed by atoms with E-state index in [4.69, 9.17) is 14.7 Å². The lowest BCUT2D eigenvalue weighted by molar-refractivity contribution is -0.173. The largest absolute Gasteiger partial charge is 0.493 e. The van der Waals surface area contributed by atoms with Crippen LogP contribution in [0.3, 0.4) is 0 Å². The van der Waals surface area contributed by atoms with Gasteiger partial charge in [-0.2, -0.15) is 23.5 Å². The van der Waals surface area contributed by atoms with E-state index in [1.54, 1.807) is 36.4 Å². The van der Waals surface area contributed by atoms with Gasteiger partial charge >= 0.3 is 6.18 Å². The molecule has 0 radical (unpaired) electrons. The van der Waals surface area contributed by atoms with Gasteiger partial charge in [0, 0.05) is 24.6 Å². The monoisotopic (exact) mass is 499 g/mol. The van der Waals surface area contributed by atoms with Gasteiger partial charge in [-0.25, -0.2) is 4.68 Å². The number of nitrogens with one attached hydrogen (secondary N) is 2. The summed E-state index contributed by atoms with van der Waals surface area (Å²) >= 11 is 0. The molecule has 8 nitrogen and oxygen atoms in total. The summed E-state index contributed by atoms with van der Waals surface area (Å²) in [5.41, 5.74) is 1.75. The first-order valence-corrected chi connectivity index (χ1v) is 11.2. The van der Waals surface area contributed by atoms with Crippen molar-refractivity contribution < 1.29 is 27.4 Å². The minimum absolute atomic E-state index is 0.0799. The van der Waals surface area contributed by atoms with E-state index in [2.05, 4.69) is 21.8 Å². The average Bonchev–Trinajstić information content (AvgIpc) is 3.30. The number of nitriles is 1. The molecule has 1 aromatic heterocycles. The average molecular weight is 499 g/mol. The molecule has 0 fully saturated rings. The van der Waals surface area contributed by atoms with E-state index < -0.39 is 24.2 Å². The summed E-state index contributed by atoms with van der Waals surface area (Å²) < 4.78 is 53.4. The van der Waals surface area contributed by atoms with Gasteiger partial charge in [0.1, 0.15) is 5.82 Å². The molecule has 2 heterocycles. The zero-order chi connectivity index (χ0) is 25.9. The van der Waals surface area contributed by atoms with Gasteiger partial charge < -0.3 is 20.1 Å². The van der Waals surface area contributed by atoms with Crippen LogP contribution in [-0.4, -0.2) is 36.1 Å². The number of carbonyl (C=O) groups is 1. The molecule has 0 bridgehead atoms. The van der Waals surface area contributed by atoms with Crippen LogP contribution in [0.2, 0.25) is 0 Å². The number of hydrogen-bond donors (Lipinski definition) is 2. The number of rotatable bonds is 7. The number of fused-ring (bicyclic) bond motifs is 1. The van der Waals surface area contributed by atoms with Gasteiger partial charge in [0.15, 0.2) is 23.2 Å². The normalized spacial score (nSPS) is 16.9. The van der Waals surface area contributed by atoms with Crippen molar-refractivity contribution >= 4 is 17.4 Å². The van der Waals surface area contributed by atoms with Crippen LogP contribution in [0.5, 0.6) is 11.5 Å². The van der Waals surface area contributed by atoms with Crippen LogP contribution in [-0.2, 0) is 6.42 Å². The van der Waals surface area contributed by atoms with Crippen molar-refractivity contribution in [3.05, 3.63) is 65.4 Å². The molecule has 0 saturated carbocycles. The fourth-order valence-corrected chi connectivity index (χ4v) is 4.17. The number of benzene rings is 2. The number of aromatic nitrogens is 2. The summed E-state index contributed by atoms with van der Waals surface area (Å²) in [5, 5.41) is 18.5. The van der Waals surface area contributed by atoms with Crippen molar-refractivity contribution in [2.24, 2.45) is 0 Å². The van der Waals surface area contributed by atoms with Crippen LogP contribution in [0.1, 0.15) is 46.5 Å². The minimum atomic E-state index is -4.58. The Morgan fingerprint density at radius 1 is 1.19 bits per heavy atom. The van der Waals surface area contributed by atoms with E-state index >= 15 is 0 Å². The second-order valence-electron chi connectivity index (χ2n) is 8.28. The van der Waals surface area contributed by atoms with Gasteiger partial charge in [0.25, 0.3) is 5.91 Å². The molecule has 2 N–H and O–H groups in total. The van der Waals surface area contributed by atoms with Crippen molar-refractivity contribution in [1.82, 2.24) is 9.78 Å². The van der Waals surface area contributed by atoms with E-state index in [0.717, 1.165) is 10.2 Å². The second-order valence-corrected chi connectivity index (χ2v) is 8.28. The standard InChI is InChI=1S/C25H24F3N5O3/c1-35-20-9-8-16(12-21(20)36-2)18-13-22(25(26,27)28)33-23(31-18)14-19(32-33)24(34)30-17-7-3-5-15(11-17)6-4-10-29/h3,5,7-9,11-12,14,18,22,31H,4,6,13H2,1-2H3,(H,30,34)/t18-,22+/m1/s1. The van der Waals surface area contributed by atoms with E-state index in [0.29, 0.717) is 35.6 Å². The molecule has 3 aromatic rings. The lowest BCUT2D eigenvalue weighted by Crippen LogP contribution is -2.35. The Labute approximate surface area is 205 Å². The Balaban J connectivity index is 1.60. The van der Waals surface area contributed by atoms with Crippen LogP contribution in [0.4, 0.5) is 24.7 Å². The molecule has 1 aliphatic heterocycles. The van der Waals surface area contributed by atoms with Crippen LogP contribution < -0.4 is 20.1 Å². The summed E-state index contributed by atoms with van der Waals surface area (Å²) in [6, 6.07) is 12.6. The van der Waals surface area contributed by atoms with Crippen molar-refractivity contribution in [3.8, 4) is 17.6 Å². The van der Waals surface area contributed by atoms with Crippen molar-refractivity contribution in [2.75, 3.05) is 24.9 Å². The van der Waals surface area contributed by atoms with Gasteiger partial charge in [0.2, 0.25) is 0 Å². The molecule has 2 aromatic carbocycles. The van der Waals surface area contributed by atoms with Crippen LogP contribution in [0, 0.1) is 11.3 Å². The van der Waals surface area contributed by atoms with Crippen LogP contribution >= 0.6 is 0 Å². The topological polar surface area (TPSA) is 101 Å². The maximum atomic E-state index is 14.0. The van der Waals surface area contributed by atoms with E-state index in [-0.39, 0.29) is 17.9 Å². The first-order chi connectivity index (χ1) is 17.2. The van der Waals surface area contributed by atoms with Gasteiger partial charge in [0.05, 0.1) is 26.3 Å². The molecule has 188 valence electrons. The third-order valence-electron chi connectivity index (χ3n) is 5.94. The lowest BCUT2D eigenvalue weighted by Gasteiger charge is -2.33. The molecular weight excluding hydrogens is 475 g/mol.